The van der Waals surface area contributed by atoms with E-state index in [4.69, 9.17) is 4.74 Å². The number of nitrogens with zero attached hydrogens (tertiary/aromatic N) is 2. The Balaban J connectivity index is 1.56. The lowest BCUT2D eigenvalue weighted by Crippen LogP contribution is -2.51. The Morgan fingerprint density at radius 1 is 0.897 bits per heavy atom. The number of hydrogen-bond donors (Lipinski definition) is 2. The number of piperazine rings is 1. The SMILES string of the molecule is Cc1ccc(C)c(OCC(=O)N2CCN(C(=O)c3cc(O)cc(O)c3)CC2)c1C. The van der Waals surface area contributed by atoms with Gasteiger partial charge in [-0.15, -0.1) is 0 Å². The Kier molecular flexibility index (Phi) is 5.96. The van der Waals surface area contributed by atoms with Crippen LogP contribution in [0.1, 0.15) is 27.0 Å². The Labute approximate surface area is 170 Å². The Morgan fingerprint density at radius 2 is 1.45 bits per heavy atom. The zero-order valence-electron chi connectivity index (χ0n) is 16.9. The minimum absolute atomic E-state index is 0.0422. The van der Waals surface area contributed by atoms with E-state index in [1.807, 2.05) is 32.9 Å². The van der Waals surface area contributed by atoms with Crippen molar-refractivity contribution in [1.82, 2.24) is 9.80 Å². The van der Waals surface area contributed by atoms with Crippen molar-refractivity contribution in [3.05, 3.63) is 52.6 Å². The summed E-state index contributed by atoms with van der Waals surface area (Å²) in [6.45, 7) is 7.47. The molecule has 1 fully saturated rings. The number of carbonyl (C=O) groups is 2. The maximum Gasteiger partial charge on any atom is 0.260 e. The van der Waals surface area contributed by atoms with Gasteiger partial charge in [0.25, 0.3) is 11.8 Å². The summed E-state index contributed by atoms with van der Waals surface area (Å²) in [6.07, 6.45) is 0. The predicted octanol–water partition coefficient (Wildman–Crippen LogP) is 2.39. The van der Waals surface area contributed by atoms with E-state index in [2.05, 4.69) is 0 Å². The van der Waals surface area contributed by atoms with Crippen molar-refractivity contribution < 1.29 is 24.5 Å². The van der Waals surface area contributed by atoms with Gasteiger partial charge in [0.1, 0.15) is 17.2 Å². The van der Waals surface area contributed by atoms with Crippen LogP contribution >= 0.6 is 0 Å². The molecule has 1 aliphatic rings. The van der Waals surface area contributed by atoms with Gasteiger partial charge in [0.2, 0.25) is 0 Å². The van der Waals surface area contributed by atoms with Crippen LogP contribution in [0.25, 0.3) is 0 Å². The number of carbonyl (C=O) groups excluding carboxylic acids is 2. The van der Waals surface area contributed by atoms with Crippen LogP contribution < -0.4 is 4.74 Å². The largest absolute Gasteiger partial charge is 0.508 e. The highest BCUT2D eigenvalue weighted by Gasteiger charge is 2.25. The summed E-state index contributed by atoms with van der Waals surface area (Å²) in [7, 11) is 0. The van der Waals surface area contributed by atoms with E-state index in [9.17, 15) is 19.8 Å². The average molecular weight is 398 g/mol. The predicted molar refractivity (Wildman–Crippen MR) is 108 cm³/mol. The van der Waals surface area contributed by atoms with Gasteiger partial charge in [0.05, 0.1) is 0 Å². The number of phenolic OH excluding ortho intramolecular Hbond substituents is 2. The number of phenols is 2. The molecule has 0 saturated carbocycles. The fourth-order valence-electron chi connectivity index (χ4n) is 3.43. The number of benzene rings is 2. The van der Waals surface area contributed by atoms with Gasteiger partial charge in [0.15, 0.2) is 6.61 Å². The molecule has 0 unspecified atom stereocenters. The molecule has 1 saturated heterocycles. The minimum Gasteiger partial charge on any atom is -0.508 e. The second kappa shape index (κ2) is 8.43. The normalized spacial score (nSPS) is 14.0. The molecule has 29 heavy (non-hydrogen) atoms. The summed E-state index contributed by atoms with van der Waals surface area (Å²) in [5.74, 6) is 0.0101. The average Bonchev–Trinajstić information content (AvgIpc) is 2.69. The van der Waals surface area contributed by atoms with E-state index in [0.29, 0.717) is 26.2 Å². The molecular formula is C22H26N2O5. The van der Waals surface area contributed by atoms with Crippen molar-refractivity contribution in [2.75, 3.05) is 32.8 Å². The highest BCUT2D eigenvalue weighted by molar-refractivity contribution is 5.95. The lowest BCUT2D eigenvalue weighted by atomic mass is 10.1. The molecule has 2 aromatic rings. The summed E-state index contributed by atoms with van der Waals surface area (Å²) < 4.78 is 5.81. The van der Waals surface area contributed by atoms with E-state index < -0.39 is 0 Å². The fraction of sp³-hybridized carbons (Fsp3) is 0.364. The summed E-state index contributed by atoms with van der Waals surface area (Å²) in [6, 6.07) is 7.82. The van der Waals surface area contributed by atoms with Crippen molar-refractivity contribution in [3.63, 3.8) is 0 Å². The van der Waals surface area contributed by atoms with Crippen molar-refractivity contribution in [2.24, 2.45) is 0 Å². The third-order valence-electron chi connectivity index (χ3n) is 5.28. The van der Waals surface area contributed by atoms with E-state index >= 15 is 0 Å². The molecule has 0 atom stereocenters. The quantitative estimate of drug-likeness (QED) is 0.825. The number of ether oxygens (including phenoxy) is 1. The maximum atomic E-state index is 12.6. The van der Waals surface area contributed by atoms with Crippen LogP contribution in [0, 0.1) is 20.8 Å². The maximum absolute atomic E-state index is 12.6. The fourth-order valence-corrected chi connectivity index (χ4v) is 3.43. The van der Waals surface area contributed by atoms with Crippen LogP contribution in [0.15, 0.2) is 30.3 Å². The molecule has 7 nitrogen and oxygen atoms in total. The number of aromatic hydroxyl groups is 2. The molecule has 1 heterocycles. The van der Waals surface area contributed by atoms with Gasteiger partial charge in [-0.05, 0) is 49.6 Å². The molecule has 3 rings (SSSR count). The van der Waals surface area contributed by atoms with Crippen molar-refractivity contribution in [2.45, 2.75) is 20.8 Å². The highest BCUT2D eigenvalue weighted by Crippen LogP contribution is 2.26. The van der Waals surface area contributed by atoms with E-state index in [1.165, 1.54) is 18.2 Å². The molecule has 7 heteroatoms. The molecule has 154 valence electrons. The lowest BCUT2D eigenvalue weighted by Gasteiger charge is -2.34. The summed E-state index contributed by atoms with van der Waals surface area (Å²) >= 11 is 0. The van der Waals surface area contributed by atoms with E-state index in [0.717, 1.165) is 22.4 Å². The van der Waals surface area contributed by atoms with Gasteiger partial charge in [-0.2, -0.15) is 0 Å². The third-order valence-corrected chi connectivity index (χ3v) is 5.28. The molecule has 0 aliphatic carbocycles. The zero-order valence-corrected chi connectivity index (χ0v) is 16.9. The van der Waals surface area contributed by atoms with Crippen molar-refractivity contribution >= 4 is 11.8 Å². The Hall–Kier alpha value is -3.22. The van der Waals surface area contributed by atoms with E-state index in [1.54, 1.807) is 9.80 Å². The number of aryl methyl sites for hydroxylation is 2. The standard InChI is InChI=1S/C22H26N2O5/c1-14-4-5-15(2)21(16(14)3)29-13-20(27)23-6-8-24(9-7-23)22(28)17-10-18(25)12-19(26)11-17/h4-5,10-12,25-26H,6-9,13H2,1-3H3. The van der Waals surface area contributed by atoms with Gasteiger partial charge in [-0.1, -0.05) is 12.1 Å². The minimum atomic E-state index is -0.287. The first-order valence-electron chi connectivity index (χ1n) is 9.56. The topological polar surface area (TPSA) is 90.3 Å². The molecule has 2 N–H and O–H groups in total. The highest BCUT2D eigenvalue weighted by atomic mass is 16.5. The summed E-state index contributed by atoms with van der Waals surface area (Å²) in [5.41, 5.74) is 3.35. The molecule has 0 radical (unpaired) electrons. The van der Waals surface area contributed by atoms with Crippen LogP contribution in [0.4, 0.5) is 0 Å². The van der Waals surface area contributed by atoms with Crippen LogP contribution in [-0.2, 0) is 4.79 Å². The van der Waals surface area contributed by atoms with Gasteiger partial charge in [0, 0.05) is 37.8 Å². The first kappa shape index (κ1) is 20.5. The molecule has 0 spiro atoms. The summed E-state index contributed by atoms with van der Waals surface area (Å²) in [4.78, 5) is 28.4. The molecule has 1 aliphatic heterocycles. The number of hydrogen-bond acceptors (Lipinski definition) is 5. The van der Waals surface area contributed by atoms with Gasteiger partial charge < -0.3 is 24.7 Å². The zero-order chi connectivity index (χ0) is 21.1. The lowest BCUT2D eigenvalue weighted by molar-refractivity contribution is -0.134. The van der Waals surface area contributed by atoms with Crippen LogP contribution in [-0.4, -0.2) is 64.6 Å². The number of amides is 2. The monoisotopic (exact) mass is 398 g/mol. The van der Waals surface area contributed by atoms with Crippen LogP contribution in [0.5, 0.6) is 17.2 Å². The van der Waals surface area contributed by atoms with Crippen molar-refractivity contribution in [1.29, 1.82) is 0 Å². The Morgan fingerprint density at radius 3 is 2.07 bits per heavy atom. The summed E-state index contributed by atoms with van der Waals surface area (Å²) in [5, 5.41) is 19.1. The second-order valence-electron chi connectivity index (χ2n) is 7.35. The first-order chi connectivity index (χ1) is 13.8. The first-order valence-corrected chi connectivity index (χ1v) is 9.56. The second-order valence-corrected chi connectivity index (χ2v) is 7.35. The van der Waals surface area contributed by atoms with E-state index in [-0.39, 0.29) is 35.5 Å². The van der Waals surface area contributed by atoms with Gasteiger partial charge in [-0.3, -0.25) is 9.59 Å². The molecule has 0 bridgehead atoms. The van der Waals surface area contributed by atoms with Crippen LogP contribution in [0.3, 0.4) is 0 Å². The molecular weight excluding hydrogens is 372 g/mol. The number of rotatable bonds is 4. The molecule has 2 aromatic carbocycles. The Bertz CT molecular complexity index is 913. The van der Waals surface area contributed by atoms with Crippen LogP contribution in [0.2, 0.25) is 0 Å². The molecule has 0 aromatic heterocycles. The third kappa shape index (κ3) is 4.62. The van der Waals surface area contributed by atoms with Gasteiger partial charge >= 0.3 is 0 Å². The van der Waals surface area contributed by atoms with Gasteiger partial charge in [-0.25, -0.2) is 0 Å². The smallest absolute Gasteiger partial charge is 0.260 e. The molecule has 2 amide bonds. The van der Waals surface area contributed by atoms with Crippen molar-refractivity contribution in [3.8, 4) is 17.2 Å².